The van der Waals surface area contributed by atoms with E-state index >= 15 is 0 Å². The number of pyridine rings is 1. The molecule has 6 heteroatoms. The number of nitrogens with zero attached hydrogens (tertiary/aromatic N) is 3. The van der Waals surface area contributed by atoms with Gasteiger partial charge in [0, 0.05) is 56.9 Å². The van der Waals surface area contributed by atoms with Crippen LogP contribution in [0.1, 0.15) is 33.8 Å². The van der Waals surface area contributed by atoms with Gasteiger partial charge in [-0.05, 0) is 66.4 Å². The molecule has 0 saturated heterocycles. The Balaban J connectivity index is 1.47. The van der Waals surface area contributed by atoms with E-state index < -0.39 is 0 Å². The van der Waals surface area contributed by atoms with Crippen molar-refractivity contribution in [2.24, 2.45) is 0 Å². The zero-order chi connectivity index (χ0) is 22.7. The van der Waals surface area contributed by atoms with E-state index in [1.54, 1.807) is 18.5 Å². The maximum Gasteiger partial charge on any atom is 0.340 e. The van der Waals surface area contributed by atoms with Gasteiger partial charge in [-0.15, -0.1) is 0 Å². The minimum absolute atomic E-state index is 0.354. The number of methoxy groups -OCH3 is 1. The number of carbonyl (C=O) groups excluding carboxylic acids is 1. The molecule has 1 N–H and O–H groups in total. The fourth-order valence-electron chi connectivity index (χ4n) is 4.29. The standard InChI is InChI=1S/C26H30N4O2/c1-29(2)20-7-9-21(10-8-20)30(3)22-11-12-23-18(15-22)5-6-19(23)16-28-25-17-27-14-13-24(25)26(31)32-4/h7-15,17,19,28H,5-6,16H2,1-4H3. The van der Waals surface area contributed by atoms with Crippen LogP contribution in [-0.2, 0) is 11.2 Å². The number of aromatic nitrogens is 1. The first-order chi connectivity index (χ1) is 15.5. The van der Waals surface area contributed by atoms with Gasteiger partial charge in [0.1, 0.15) is 0 Å². The molecule has 1 heterocycles. The number of aryl methyl sites for hydroxylation is 1. The Hall–Kier alpha value is -3.54. The zero-order valence-electron chi connectivity index (χ0n) is 19.1. The molecule has 0 amide bonds. The molecule has 1 atom stereocenters. The Bertz CT molecular complexity index is 1100. The van der Waals surface area contributed by atoms with Crippen LogP contribution < -0.4 is 15.1 Å². The number of esters is 1. The first-order valence-electron chi connectivity index (χ1n) is 10.9. The van der Waals surface area contributed by atoms with Crippen molar-refractivity contribution >= 4 is 28.7 Å². The molecule has 1 aliphatic carbocycles. The SMILES string of the molecule is COC(=O)c1ccncc1NCC1CCc2cc(N(C)c3ccc(N(C)C)cc3)ccc21. The molecule has 0 saturated carbocycles. The third-order valence-corrected chi connectivity index (χ3v) is 6.23. The minimum Gasteiger partial charge on any atom is -0.465 e. The molecule has 1 aliphatic rings. The van der Waals surface area contributed by atoms with E-state index in [0.717, 1.165) is 19.4 Å². The van der Waals surface area contributed by atoms with E-state index in [-0.39, 0.29) is 5.97 Å². The van der Waals surface area contributed by atoms with E-state index in [9.17, 15) is 4.79 Å². The number of hydrogen-bond acceptors (Lipinski definition) is 6. The predicted octanol–water partition coefficient (Wildman–Crippen LogP) is 4.84. The number of nitrogens with one attached hydrogen (secondary N) is 1. The highest BCUT2D eigenvalue weighted by atomic mass is 16.5. The molecule has 1 aromatic heterocycles. The van der Waals surface area contributed by atoms with Crippen molar-refractivity contribution in [2.75, 3.05) is 49.9 Å². The van der Waals surface area contributed by atoms with Crippen LogP contribution in [0.2, 0.25) is 0 Å². The molecule has 0 radical (unpaired) electrons. The quantitative estimate of drug-likeness (QED) is 0.541. The predicted molar refractivity (Wildman–Crippen MR) is 130 cm³/mol. The topological polar surface area (TPSA) is 57.7 Å². The summed E-state index contributed by atoms with van der Waals surface area (Å²) in [6, 6.07) is 17.0. The fourth-order valence-corrected chi connectivity index (χ4v) is 4.29. The Morgan fingerprint density at radius 1 is 1.06 bits per heavy atom. The van der Waals surface area contributed by atoms with Crippen molar-refractivity contribution in [3.05, 3.63) is 77.6 Å². The van der Waals surface area contributed by atoms with Gasteiger partial charge in [0.05, 0.1) is 24.6 Å². The van der Waals surface area contributed by atoms with Crippen molar-refractivity contribution in [1.82, 2.24) is 4.98 Å². The first kappa shape index (κ1) is 21.7. The van der Waals surface area contributed by atoms with Gasteiger partial charge in [-0.1, -0.05) is 6.07 Å². The highest BCUT2D eigenvalue weighted by Crippen LogP contribution is 2.37. The number of benzene rings is 2. The van der Waals surface area contributed by atoms with Gasteiger partial charge in [-0.3, -0.25) is 4.98 Å². The number of anilines is 4. The number of fused-ring (bicyclic) bond motifs is 1. The molecule has 166 valence electrons. The third kappa shape index (κ3) is 4.40. The Morgan fingerprint density at radius 2 is 1.78 bits per heavy atom. The zero-order valence-corrected chi connectivity index (χ0v) is 19.1. The smallest absolute Gasteiger partial charge is 0.340 e. The van der Waals surface area contributed by atoms with E-state index in [1.165, 1.54) is 35.3 Å². The summed E-state index contributed by atoms with van der Waals surface area (Å²) in [6.07, 6.45) is 5.43. The molecule has 32 heavy (non-hydrogen) atoms. The Morgan fingerprint density at radius 3 is 2.50 bits per heavy atom. The van der Waals surface area contributed by atoms with Crippen LogP contribution in [0.25, 0.3) is 0 Å². The highest BCUT2D eigenvalue weighted by Gasteiger charge is 2.24. The molecule has 0 spiro atoms. The normalized spacial score (nSPS) is 14.6. The molecule has 0 aliphatic heterocycles. The van der Waals surface area contributed by atoms with Crippen LogP contribution in [-0.4, -0.2) is 45.8 Å². The van der Waals surface area contributed by atoms with Crippen molar-refractivity contribution in [3.63, 3.8) is 0 Å². The lowest BCUT2D eigenvalue weighted by atomic mass is 10.0. The molecule has 4 rings (SSSR count). The second-order valence-corrected chi connectivity index (χ2v) is 8.38. The molecule has 1 unspecified atom stereocenters. The molecule has 0 fully saturated rings. The van der Waals surface area contributed by atoms with Gasteiger partial charge in [0.15, 0.2) is 0 Å². The van der Waals surface area contributed by atoms with Crippen LogP contribution in [0.15, 0.2) is 60.9 Å². The van der Waals surface area contributed by atoms with Gasteiger partial charge in [-0.2, -0.15) is 0 Å². The molecule has 6 nitrogen and oxygen atoms in total. The van der Waals surface area contributed by atoms with E-state index in [2.05, 4.69) is 83.7 Å². The summed E-state index contributed by atoms with van der Waals surface area (Å²) in [7, 11) is 7.60. The fraction of sp³-hybridized carbons (Fsp3) is 0.308. The number of rotatable bonds is 7. The van der Waals surface area contributed by atoms with E-state index in [4.69, 9.17) is 4.74 Å². The van der Waals surface area contributed by atoms with E-state index in [1.807, 2.05) is 0 Å². The van der Waals surface area contributed by atoms with Crippen molar-refractivity contribution in [2.45, 2.75) is 18.8 Å². The van der Waals surface area contributed by atoms with Crippen molar-refractivity contribution in [1.29, 1.82) is 0 Å². The van der Waals surface area contributed by atoms with Crippen LogP contribution in [0, 0.1) is 0 Å². The average molecular weight is 431 g/mol. The summed E-state index contributed by atoms with van der Waals surface area (Å²) in [5.74, 6) is 0.0439. The van der Waals surface area contributed by atoms with Crippen LogP contribution in [0.3, 0.4) is 0 Å². The molecular formula is C26H30N4O2. The lowest BCUT2D eigenvalue weighted by Gasteiger charge is -2.22. The highest BCUT2D eigenvalue weighted by molar-refractivity contribution is 5.95. The van der Waals surface area contributed by atoms with Gasteiger partial charge in [0.25, 0.3) is 0 Å². The molecular weight excluding hydrogens is 400 g/mol. The summed E-state index contributed by atoms with van der Waals surface area (Å²) in [4.78, 5) is 20.5. The number of ether oxygens (including phenoxy) is 1. The lowest BCUT2D eigenvalue weighted by Crippen LogP contribution is -2.14. The molecule has 3 aromatic rings. The first-order valence-corrected chi connectivity index (χ1v) is 10.9. The summed E-state index contributed by atoms with van der Waals surface area (Å²) in [6.45, 7) is 0.754. The lowest BCUT2D eigenvalue weighted by molar-refractivity contribution is 0.0601. The molecule has 0 bridgehead atoms. The maximum atomic E-state index is 12.0. The van der Waals surface area contributed by atoms with Crippen LogP contribution >= 0.6 is 0 Å². The second-order valence-electron chi connectivity index (χ2n) is 8.38. The maximum absolute atomic E-state index is 12.0. The minimum atomic E-state index is -0.354. The van der Waals surface area contributed by atoms with Crippen LogP contribution in [0.5, 0.6) is 0 Å². The van der Waals surface area contributed by atoms with Crippen molar-refractivity contribution < 1.29 is 9.53 Å². The summed E-state index contributed by atoms with van der Waals surface area (Å²) < 4.78 is 4.88. The number of hydrogen-bond donors (Lipinski definition) is 1. The number of carbonyl (C=O) groups is 1. The van der Waals surface area contributed by atoms with E-state index in [0.29, 0.717) is 17.2 Å². The van der Waals surface area contributed by atoms with Gasteiger partial charge in [-0.25, -0.2) is 4.79 Å². The Kier molecular flexibility index (Phi) is 6.30. The summed E-state index contributed by atoms with van der Waals surface area (Å²) in [5.41, 5.74) is 7.54. The second kappa shape index (κ2) is 9.30. The van der Waals surface area contributed by atoms with Gasteiger partial charge >= 0.3 is 5.97 Å². The van der Waals surface area contributed by atoms with Gasteiger partial charge < -0.3 is 19.9 Å². The van der Waals surface area contributed by atoms with Crippen LogP contribution in [0.4, 0.5) is 22.7 Å². The average Bonchev–Trinajstić information content (AvgIpc) is 3.24. The largest absolute Gasteiger partial charge is 0.465 e. The summed E-state index contributed by atoms with van der Waals surface area (Å²) in [5, 5.41) is 3.41. The Labute approximate surface area is 189 Å². The third-order valence-electron chi connectivity index (χ3n) is 6.23. The van der Waals surface area contributed by atoms with Gasteiger partial charge in [0.2, 0.25) is 0 Å². The van der Waals surface area contributed by atoms with Crippen molar-refractivity contribution in [3.8, 4) is 0 Å². The molecule has 2 aromatic carbocycles. The summed E-state index contributed by atoms with van der Waals surface area (Å²) >= 11 is 0. The monoisotopic (exact) mass is 430 g/mol.